The van der Waals surface area contributed by atoms with Crippen molar-refractivity contribution in [3.63, 3.8) is 0 Å². The highest BCUT2D eigenvalue weighted by Crippen LogP contribution is 2.12. The number of carbonyl (C=O) groups is 2. The Morgan fingerprint density at radius 1 is 1.24 bits per heavy atom. The van der Waals surface area contributed by atoms with Crippen LogP contribution >= 0.6 is 0 Å². The Morgan fingerprint density at radius 3 is 2.29 bits per heavy atom. The van der Waals surface area contributed by atoms with Crippen molar-refractivity contribution in [1.29, 1.82) is 0 Å². The summed E-state index contributed by atoms with van der Waals surface area (Å²) in [6, 6.07) is 5.68. The first kappa shape index (κ1) is 17.2. The van der Waals surface area contributed by atoms with Gasteiger partial charge in [-0.2, -0.15) is 0 Å². The van der Waals surface area contributed by atoms with Gasteiger partial charge < -0.3 is 10.4 Å². The second-order valence-corrected chi connectivity index (χ2v) is 7.12. The number of amides is 1. The molecule has 0 saturated heterocycles. The molecule has 2 N–H and O–H groups in total. The monoisotopic (exact) mass is 313 g/mol. The first-order valence-electron chi connectivity index (χ1n) is 6.59. The predicted molar refractivity (Wildman–Crippen MR) is 77.9 cm³/mol. The minimum atomic E-state index is -3.28. The van der Waals surface area contributed by atoms with E-state index in [1.165, 1.54) is 24.3 Å². The molecule has 0 aliphatic carbocycles. The second kappa shape index (κ2) is 7.21. The van der Waals surface area contributed by atoms with Crippen LogP contribution in [0.2, 0.25) is 0 Å². The summed E-state index contributed by atoms with van der Waals surface area (Å²) in [6.45, 7) is 3.53. The fourth-order valence-electron chi connectivity index (χ4n) is 1.72. The van der Waals surface area contributed by atoms with Crippen molar-refractivity contribution in [2.75, 3.05) is 12.3 Å². The summed E-state index contributed by atoms with van der Waals surface area (Å²) in [5, 5.41) is 11.3. The van der Waals surface area contributed by atoms with Crippen LogP contribution < -0.4 is 5.32 Å². The standard InChI is InChI=1S/C14H19NO5S/c1-3-21(19,20)12-6-4-11(5-7-12)14(18)15-9-10(2)8-13(16)17/h4-7,10H,3,8-9H2,1-2H3,(H,15,18)(H,16,17). The molecule has 7 heteroatoms. The molecule has 0 aliphatic rings. The van der Waals surface area contributed by atoms with Crippen molar-refractivity contribution in [2.24, 2.45) is 5.92 Å². The van der Waals surface area contributed by atoms with E-state index in [0.717, 1.165) is 0 Å². The molecular formula is C14H19NO5S. The summed E-state index contributed by atoms with van der Waals surface area (Å²) >= 11 is 0. The van der Waals surface area contributed by atoms with Gasteiger partial charge in [-0.15, -0.1) is 0 Å². The van der Waals surface area contributed by atoms with E-state index < -0.39 is 15.8 Å². The molecule has 0 saturated carbocycles. The summed E-state index contributed by atoms with van der Waals surface area (Å²) in [6.07, 6.45) is -0.0199. The lowest BCUT2D eigenvalue weighted by atomic mass is 10.1. The zero-order valence-electron chi connectivity index (χ0n) is 12.0. The van der Waals surface area contributed by atoms with Crippen molar-refractivity contribution in [3.8, 4) is 0 Å². The van der Waals surface area contributed by atoms with Crippen LogP contribution in [0.25, 0.3) is 0 Å². The molecule has 0 spiro atoms. The highest BCUT2D eigenvalue weighted by atomic mass is 32.2. The van der Waals surface area contributed by atoms with E-state index >= 15 is 0 Å². The molecule has 1 rings (SSSR count). The van der Waals surface area contributed by atoms with E-state index in [2.05, 4.69) is 5.32 Å². The van der Waals surface area contributed by atoms with Crippen molar-refractivity contribution in [2.45, 2.75) is 25.2 Å². The molecule has 1 aromatic rings. The Labute approximate surface area is 124 Å². The van der Waals surface area contributed by atoms with Gasteiger partial charge in [0.2, 0.25) is 0 Å². The molecule has 21 heavy (non-hydrogen) atoms. The maximum atomic E-state index is 11.9. The van der Waals surface area contributed by atoms with E-state index in [0.29, 0.717) is 5.56 Å². The third kappa shape index (κ3) is 5.18. The molecule has 1 aromatic carbocycles. The molecule has 6 nitrogen and oxygen atoms in total. The second-order valence-electron chi connectivity index (χ2n) is 4.84. The number of rotatable bonds is 7. The van der Waals surface area contributed by atoms with E-state index in [4.69, 9.17) is 5.11 Å². The van der Waals surface area contributed by atoms with Gasteiger partial charge in [-0.1, -0.05) is 13.8 Å². The number of carboxylic acids is 1. The number of hydrogen-bond donors (Lipinski definition) is 2. The molecule has 1 atom stereocenters. The van der Waals surface area contributed by atoms with E-state index in [1.807, 2.05) is 0 Å². The van der Waals surface area contributed by atoms with Gasteiger partial charge in [0.25, 0.3) is 5.91 Å². The van der Waals surface area contributed by atoms with Gasteiger partial charge in [-0.3, -0.25) is 9.59 Å². The summed E-state index contributed by atoms with van der Waals surface area (Å²) < 4.78 is 23.3. The number of carbonyl (C=O) groups excluding carboxylic acids is 1. The van der Waals surface area contributed by atoms with Crippen LogP contribution in [0.4, 0.5) is 0 Å². The van der Waals surface area contributed by atoms with E-state index in [1.54, 1.807) is 13.8 Å². The Hall–Kier alpha value is -1.89. The lowest BCUT2D eigenvalue weighted by molar-refractivity contribution is -0.137. The third-order valence-corrected chi connectivity index (χ3v) is 4.74. The number of nitrogens with one attached hydrogen (secondary N) is 1. The highest BCUT2D eigenvalue weighted by molar-refractivity contribution is 7.91. The fourth-order valence-corrected chi connectivity index (χ4v) is 2.60. The highest BCUT2D eigenvalue weighted by Gasteiger charge is 2.14. The molecule has 1 unspecified atom stereocenters. The van der Waals surface area contributed by atoms with Gasteiger partial charge in [0, 0.05) is 18.5 Å². The van der Waals surface area contributed by atoms with Gasteiger partial charge in [-0.05, 0) is 30.2 Å². The summed E-state index contributed by atoms with van der Waals surface area (Å²) in [5.74, 6) is -1.43. The molecule has 116 valence electrons. The van der Waals surface area contributed by atoms with Gasteiger partial charge in [0.05, 0.1) is 10.6 Å². The Bertz CT molecular complexity index is 607. The van der Waals surface area contributed by atoms with Crippen LogP contribution in [0.5, 0.6) is 0 Å². The summed E-state index contributed by atoms with van der Waals surface area (Å²) in [7, 11) is -3.28. The zero-order chi connectivity index (χ0) is 16.0. The molecule has 0 aromatic heterocycles. The fraction of sp³-hybridized carbons (Fsp3) is 0.429. The normalized spacial score (nSPS) is 12.7. The molecule has 1 amide bonds. The third-order valence-electron chi connectivity index (χ3n) is 2.99. The average Bonchev–Trinajstić information content (AvgIpc) is 2.44. The molecule has 0 heterocycles. The molecular weight excluding hydrogens is 294 g/mol. The zero-order valence-corrected chi connectivity index (χ0v) is 12.8. The lowest BCUT2D eigenvalue weighted by Gasteiger charge is -2.10. The van der Waals surface area contributed by atoms with Crippen molar-refractivity contribution < 1.29 is 23.1 Å². The Kier molecular flexibility index (Phi) is 5.90. The summed E-state index contributed by atoms with van der Waals surface area (Å²) in [4.78, 5) is 22.6. The molecule has 0 bridgehead atoms. The maximum absolute atomic E-state index is 11.9. The SMILES string of the molecule is CCS(=O)(=O)c1ccc(C(=O)NCC(C)CC(=O)O)cc1. The quantitative estimate of drug-likeness (QED) is 0.790. The minimum absolute atomic E-state index is 0.00520. The number of benzene rings is 1. The lowest BCUT2D eigenvalue weighted by Crippen LogP contribution is -2.29. The van der Waals surface area contributed by atoms with E-state index in [-0.39, 0.29) is 35.4 Å². The first-order chi connectivity index (χ1) is 9.76. The smallest absolute Gasteiger partial charge is 0.303 e. The van der Waals surface area contributed by atoms with E-state index in [9.17, 15) is 18.0 Å². The van der Waals surface area contributed by atoms with Crippen LogP contribution in [0.1, 0.15) is 30.6 Å². The van der Waals surface area contributed by atoms with Crippen molar-refractivity contribution in [1.82, 2.24) is 5.32 Å². The maximum Gasteiger partial charge on any atom is 0.303 e. The Balaban J connectivity index is 2.66. The number of carboxylic acid groups (broad SMARTS) is 1. The van der Waals surface area contributed by atoms with Crippen LogP contribution in [0, 0.1) is 5.92 Å². The Morgan fingerprint density at radius 2 is 1.81 bits per heavy atom. The van der Waals surface area contributed by atoms with Gasteiger partial charge >= 0.3 is 5.97 Å². The van der Waals surface area contributed by atoms with Crippen LogP contribution in [-0.2, 0) is 14.6 Å². The molecule has 0 aliphatic heterocycles. The molecule has 0 radical (unpaired) electrons. The van der Waals surface area contributed by atoms with Gasteiger partial charge in [0.1, 0.15) is 0 Å². The average molecular weight is 313 g/mol. The van der Waals surface area contributed by atoms with Crippen LogP contribution in [0.15, 0.2) is 29.2 Å². The summed E-state index contributed by atoms with van der Waals surface area (Å²) in [5.41, 5.74) is 0.340. The number of aliphatic carboxylic acids is 1. The molecule has 0 fully saturated rings. The van der Waals surface area contributed by atoms with Gasteiger partial charge in [-0.25, -0.2) is 8.42 Å². The van der Waals surface area contributed by atoms with Crippen LogP contribution in [-0.4, -0.2) is 37.7 Å². The minimum Gasteiger partial charge on any atom is -0.481 e. The van der Waals surface area contributed by atoms with Crippen LogP contribution in [0.3, 0.4) is 0 Å². The van der Waals surface area contributed by atoms with Gasteiger partial charge in [0.15, 0.2) is 9.84 Å². The predicted octanol–water partition coefficient (Wildman–Crippen LogP) is 1.32. The largest absolute Gasteiger partial charge is 0.481 e. The topological polar surface area (TPSA) is 101 Å². The van der Waals surface area contributed by atoms with Crippen molar-refractivity contribution >= 4 is 21.7 Å². The first-order valence-corrected chi connectivity index (χ1v) is 8.24. The number of sulfone groups is 1. The number of hydrogen-bond acceptors (Lipinski definition) is 4. The van der Waals surface area contributed by atoms with Crippen molar-refractivity contribution in [3.05, 3.63) is 29.8 Å².